The first kappa shape index (κ1) is 20.7. The van der Waals surface area contributed by atoms with E-state index in [2.05, 4.69) is 0 Å². The molecule has 3 aromatic rings. The van der Waals surface area contributed by atoms with Gasteiger partial charge in [-0.2, -0.15) is 0 Å². The van der Waals surface area contributed by atoms with Crippen molar-refractivity contribution < 1.29 is 14.4 Å². The highest BCUT2D eigenvalue weighted by Gasteiger charge is 2.36. The van der Waals surface area contributed by atoms with Crippen LogP contribution in [0.4, 0.5) is 0 Å². The van der Waals surface area contributed by atoms with Crippen molar-refractivity contribution in [2.75, 3.05) is 0 Å². The maximum absolute atomic E-state index is 13.4. The number of hydrogen-bond acceptors (Lipinski definition) is 5. The van der Waals surface area contributed by atoms with Gasteiger partial charge < -0.3 is 0 Å². The average Bonchev–Trinajstić information content (AvgIpc) is 2.73. The maximum Gasteiger partial charge on any atom is 0.335 e. The first-order chi connectivity index (χ1) is 14.7. The second kappa shape index (κ2) is 7.58. The molecule has 158 valence electrons. The summed E-state index contributed by atoms with van der Waals surface area (Å²) in [5, 5.41) is 0.173. The second-order valence-corrected chi connectivity index (χ2v) is 8.04. The highest BCUT2D eigenvalue weighted by atomic mass is 16.2. The molecule has 1 saturated carbocycles. The number of aromatic nitrogens is 2. The molecule has 1 aliphatic carbocycles. The predicted molar refractivity (Wildman–Crippen MR) is 116 cm³/mol. The van der Waals surface area contributed by atoms with Gasteiger partial charge in [-0.1, -0.05) is 18.2 Å². The van der Waals surface area contributed by atoms with Crippen LogP contribution in [0.2, 0.25) is 0 Å². The van der Waals surface area contributed by atoms with Crippen molar-refractivity contribution in [2.24, 2.45) is 13.0 Å². The van der Waals surface area contributed by atoms with E-state index in [0.717, 1.165) is 15.7 Å². The fraction of sp³-hybridized carbons (Fsp3) is 0.292. The van der Waals surface area contributed by atoms with E-state index in [1.54, 1.807) is 7.05 Å². The first-order valence-electron chi connectivity index (χ1n) is 10.1. The van der Waals surface area contributed by atoms with Gasteiger partial charge in [0.05, 0.1) is 16.6 Å². The predicted octanol–water partition coefficient (Wildman–Crippen LogP) is 2.43. The van der Waals surface area contributed by atoms with Gasteiger partial charge in [0.2, 0.25) is 0 Å². The molecule has 1 aliphatic rings. The number of para-hydroxylation sites is 1. The van der Waals surface area contributed by atoms with E-state index in [4.69, 9.17) is 0 Å². The molecule has 0 aliphatic heterocycles. The van der Waals surface area contributed by atoms with Crippen LogP contribution < -0.4 is 11.2 Å². The SMILES string of the molecule is Cc1cccc(C)c1-n1c(=O)c2cc(C(=O)C3C(=O)CCCC3=O)ccc2n(C)c1=O. The lowest BCUT2D eigenvalue weighted by Crippen LogP contribution is -2.39. The summed E-state index contributed by atoms with van der Waals surface area (Å²) in [6.45, 7) is 3.64. The van der Waals surface area contributed by atoms with Gasteiger partial charge in [0, 0.05) is 25.5 Å². The van der Waals surface area contributed by atoms with Crippen molar-refractivity contribution in [3.63, 3.8) is 0 Å². The van der Waals surface area contributed by atoms with Crippen LogP contribution in [0.1, 0.15) is 40.7 Å². The molecular formula is C24H22N2O5. The molecule has 1 heterocycles. The van der Waals surface area contributed by atoms with Crippen LogP contribution >= 0.6 is 0 Å². The Balaban J connectivity index is 1.96. The third kappa shape index (κ3) is 3.26. The number of ketones is 3. The quantitative estimate of drug-likeness (QED) is 0.481. The number of carbonyl (C=O) groups is 3. The van der Waals surface area contributed by atoms with E-state index in [1.165, 1.54) is 22.8 Å². The summed E-state index contributed by atoms with van der Waals surface area (Å²) in [4.78, 5) is 63.8. The molecule has 1 aromatic heterocycles. The molecule has 0 spiro atoms. The monoisotopic (exact) mass is 418 g/mol. The molecule has 0 bridgehead atoms. The standard InChI is InChI=1S/C24H22N2O5/c1-13-6-4-7-14(2)21(13)26-23(30)16-12-15(10-11-17(16)25(3)24(26)31)22(29)20-18(27)8-5-9-19(20)28/h4,6-7,10-12,20H,5,8-9H2,1-3H3. The Labute approximate surface area is 177 Å². The highest BCUT2D eigenvalue weighted by molar-refractivity contribution is 6.25. The summed E-state index contributed by atoms with van der Waals surface area (Å²) in [7, 11) is 1.56. The second-order valence-electron chi connectivity index (χ2n) is 8.04. The van der Waals surface area contributed by atoms with Gasteiger partial charge in [0.25, 0.3) is 5.56 Å². The minimum atomic E-state index is -1.31. The lowest BCUT2D eigenvalue weighted by Gasteiger charge is -2.19. The van der Waals surface area contributed by atoms with Gasteiger partial charge in [-0.3, -0.25) is 23.7 Å². The lowest BCUT2D eigenvalue weighted by atomic mass is 9.81. The molecule has 31 heavy (non-hydrogen) atoms. The van der Waals surface area contributed by atoms with Gasteiger partial charge >= 0.3 is 5.69 Å². The number of nitrogens with zero attached hydrogens (tertiary/aromatic N) is 2. The molecule has 4 rings (SSSR count). The highest BCUT2D eigenvalue weighted by Crippen LogP contribution is 2.23. The zero-order valence-corrected chi connectivity index (χ0v) is 17.6. The summed E-state index contributed by atoms with van der Waals surface area (Å²) >= 11 is 0. The van der Waals surface area contributed by atoms with Gasteiger partial charge in [-0.15, -0.1) is 0 Å². The fourth-order valence-electron chi connectivity index (χ4n) is 4.33. The van der Waals surface area contributed by atoms with Gasteiger partial charge in [0.15, 0.2) is 17.3 Å². The maximum atomic E-state index is 13.4. The Morgan fingerprint density at radius 1 is 0.935 bits per heavy atom. The Bertz CT molecular complexity index is 1360. The van der Waals surface area contributed by atoms with Crippen LogP contribution in [0.15, 0.2) is 46.0 Å². The minimum absolute atomic E-state index is 0.116. The largest absolute Gasteiger partial charge is 0.335 e. The Kier molecular flexibility index (Phi) is 5.05. The van der Waals surface area contributed by atoms with Crippen molar-refractivity contribution in [3.05, 3.63) is 73.9 Å². The molecule has 0 unspecified atom stereocenters. The Morgan fingerprint density at radius 2 is 1.55 bits per heavy atom. The van der Waals surface area contributed by atoms with Crippen molar-refractivity contribution >= 4 is 28.3 Å². The van der Waals surface area contributed by atoms with E-state index in [0.29, 0.717) is 17.6 Å². The molecular weight excluding hydrogens is 396 g/mol. The summed E-state index contributed by atoms with van der Waals surface area (Å²) in [6, 6.07) is 9.84. The van der Waals surface area contributed by atoms with E-state index in [9.17, 15) is 24.0 Å². The molecule has 1 fully saturated rings. The van der Waals surface area contributed by atoms with E-state index in [-0.39, 0.29) is 35.4 Å². The van der Waals surface area contributed by atoms with Crippen LogP contribution in [0.25, 0.3) is 16.6 Å². The number of rotatable bonds is 3. The number of hydrogen-bond donors (Lipinski definition) is 0. The van der Waals surface area contributed by atoms with Crippen LogP contribution in [0.5, 0.6) is 0 Å². The summed E-state index contributed by atoms with van der Waals surface area (Å²) in [6.07, 6.45) is 0.856. The average molecular weight is 418 g/mol. The molecule has 2 aromatic carbocycles. The first-order valence-corrected chi connectivity index (χ1v) is 10.1. The van der Waals surface area contributed by atoms with Crippen molar-refractivity contribution in [1.82, 2.24) is 9.13 Å². The lowest BCUT2D eigenvalue weighted by molar-refractivity contribution is -0.133. The zero-order chi connectivity index (χ0) is 22.4. The van der Waals surface area contributed by atoms with E-state index >= 15 is 0 Å². The smallest absolute Gasteiger partial charge is 0.298 e. The third-order valence-electron chi connectivity index (χ3n) is 5.97. The van der Waals surface area contributed by atoms with Gasteiger partial charge in [-0.25, -0.2) is 9.36 Å². The zero-order valence-electron chi connectivity index (χ0n) is 17.6. The van der Waals surface area contributed by atoms with Crippen LogP contribution in [-0.2, 0) is 16.6 Å². The van der Waals surface area contributed by atoms with Crippen LogP contribution in [0, 0.1) is 19.8 Å². The summed E-state index contributed by atoms with van der Waals surface area (Å²) < 4.78 is 2.46. The van der Waals surface area contributed by atoms with Crippen LogP contribution in [-0.4, -0.2) is 26.5 Å². The fourth-order valence-corrected chi connectivity index (χ4v) is 4.33. The molecule has 0 N–H and O–H groups in total. The molecule has 0 atom stereocenters. The van der Waals surface area contributed by atoms with Crippen molar-refractivity contribution in [1.29, 1.82) is 0 Å². The normalized spacial score (nSPS) is 14.9. The van der Waals surface area contributed by atoms with Gasteiger partial charge in [0.1, 0.15) is 5.92 Å². The Hall–Kier alpha value is -3.61. The topological polar surface area (TPSA) is 95.2 Å². The molecule has 0 radical (unpaired) electrons. The van der Waals surface area contributed by atoms with Crippen LogP contribution in [0.3, 0.4) is 0 Å². The molecule has 0 saturated heterocycles. The number of fused-ring (bicyclic) bond motifs is 1. The van der Waals surface area contributed by atoms with E-state index in [1.807, 2.05) is 32.0 Å². The molecule has 0 amide bonds. The third-order valence-corrected chi connectivity index (χ3v) is 5.97. The number of benzene rings is 2. The number of aryl methyl sites for hydroxylation is 3. The van der Waals surface area contributed by atoms with Gasteiger partial charge in [-0.05, 0) is 49.6 Å². The summed E-state index contributed by atoms with van der Waals surface area (Å²) in [5.41, 5.74) is 1.48. The number of Topliss-reactive ketones (excluding diaryl/α,β-unsaturated/α-hetero) is 3. The van der Waals surface area contributed by atoms with E-state index < -0.39 is 23.0 Å². The molecule has 7 nitrogen and oxygen atoms in total. The molecule has 7 heteroatoms. The summed E-state index contributed by atoms with van der Waals surface area (Å²) in [5.74, 6) is -2.66. The number of carbonyl (C=O) groups excluding carboxylic acids is 3. The van der Waals surface area contributed by atoms with Crippen molar-refractivity contribution in [3.8, 4) is 5.69 Å². The Morgan fingerprint density at radius 3 is 2.16 bits per heavy atom. The van der Waals surface area contributed by atoms with Crippen molar-refractivity contribution in [2.45, 2.75) is 33.1 Å². The minimum Gasteiger partial charge on any atom is -0.298 e.